The third-order valence-electron chi connectivity index (χ3n) is 3.88. The van der Waals surface area contributed by atoms with Crippen molar-refractivity contribution in [3.8, 4) is 0 Å². The van der Waals surface area contributed by atoms with Gasteiger partial charge in [-0.25, -0.2) is 0 Å². The van der Waals surface area contributed by atoms with Crippen molar-refractivity contribution in [2.75, 3.05) is 32.5 Å². The summed E-state index contributed by atoms with van der Waals surface area (Å²) < 4.78 is 0. The van der Waals surface area contributed by atoms with Crippen molar-refractivity contribution in [2.24, 2.45) is 0 Å². The number of hydrogen-bond donors (Lipinski definition) is 1. The predicted octanol–water partition coefficient (Wildman–Crippen LogP) is 4.52. The molecule has 0 fully saturated rings. The van der Waals surface area contributed by atoms with Crippen molar-refractivity contribution < 1.29 is 0 Å². The lowest BCUT2D eigenvalue weighted by Gasteiger charge is -2.26. The molecule has 5 heteroatoms. The minimum Gasteiger partial charge on any atom is -0.344 e. The second kappa shape index (κ2) is 9.16. The number of nitrogens with one attached hydrogen (secondary N) is 1. The molecule has 2 aromatic rings. The third kappa shape index (κ3) is 5.89. The SMILES string of the molecule is Cc1ccc(C)c(NC(=S)N(CCCN(C)C)Cc2cccs2)c1. The first-order valence-corrected chi connectivity index (χ1v) is 9.55. The number of aryl methyl sites for hydroxylation is 2. The van der Waals surface area contributed by atoms with E-state index in [-0.39, 0.29) is 0 Å². The van der Waals surface area contributed by atoms with E-state index in [9.17, 15) is 0 Å². The Balaban J connectivity index is 2.06. The van der Waals surface area contributed by atoms with E-state index in [1.54, 1.807) is 11.3 Å². The summed E-state index contributed by atoms with van der Waals surface area (Å²) in [4.78, 5) is 5.82. The van der Waals surface area contributed by atoms with Crippen molar-refractivity contribution in [3.63, 3.8) is 0 Å². The fourth-order valence-electron chi connectivity index (χ4n) is 2.49. The van der Waals surface area contributed by atoms with Gasteiger partial charge in [-0.05, 0) is 81.8 Å². The molecule has 0 bridgehead atoms. The van der Waals surface area contributed by atoms with Gasteiger partial charge in [-0.2, -0.15) is 0 Å². The molecule has 1 aromatic heterocycles. The molecule has 2 rings (SSSR count). The highest BCUT2D eigenvalue weighted by Crippen LogP contribution is 2.18. The number of benzene rings is 1. The lowest BCUT2D eigenvalue weighted by molar-refractivity contribution is 0.347. The van der Waals surface area contributed by atoms with E-state index in [1.807, 2.05) is 0 Å². The van der Waals surface area contributed by atoms with Gasteiger partial charge >= 0.3 is 0 Å². The van der Waals surface area contributed by atoms with Gasteiger partial charge in [0, 0.05) is 17.1 Å². The minimum atomic E-state index is 0.802. The Morgan fingerprint density at radius 3 is 2.62 bits per heavy atom. The van der Waals surface area contributed by atoms with E-state index in [0.717, 1.165) is 36.9 Å². The van der Waals surface area contributed by atoms with Crippen molar-refractivity contribution >= 4 is 34.4 Å². The van der Waals surface area contributed by atoms with Crippen LogP contribution in [0.2, 0.25) is 0 Å². The van der Waals surface area contributed by atoms with Crippen LogP contribution in [0.4, 0.5) is 5.69 Å². The molecule has 0 aliphatic heterocycles. The monoisotopic (exact) mass is 361 g/mol. The molecule has 0 spiro atoms. The first-order valence-electron chi connectivity index (χ1n) is 8.26. The number of thiophene rings is 1. The molecule has 0 aliphatic rings. The van der Waals surface area contributed by atoms with Crippen LogP contribution in [0.25, 0.3) is 0 Å². The third-order valence-corrected chi connectivity index (χ3v) is 5.10. The van der Waals surface area contributed by atoms with Crippen LogP contribution in [-0.4, -0.2) is 42.1 Å². The molecule has 0 unspecified atom stereocenters. The normalized spacial score (nSPS) is 10.9. The van der Waals surface area contributed by atoms with Crippen molar-refractivity contribution in [2.45, 2.75) is 26.8 Å². The van der Waals surface area contributed by atoms with E-state index in [1.165, 1.54) is 16.0 Å². The Bertz CT molecular complexity index is 651. The molecule has 1 heterocycles. The van der Waals surface area contributed by atoms with Gasteiger partial charge in [-0.3, -0.25) is 0 Å². The molecule has 0 radical (unpaired) electrons. The fourth-order valence-corrected chi connectivity index (χ4v) is 3.47. The second-order valence-corrected chi connectivity index (χ2v) is 7.83. The van der Waals surface area contributed by atoms with Gasteiger partial charge in [-0.15, -0.1) is 11.3 Å². The molecule has 0 saturated heterocycles. The first-order chi connectivity index (χ1) is 11.5. The molecule has 0 atom stereocenters. The maximum atomic E-state index is 5.72. The van der Waals surface area contributed by atoms with Crippen LogP contribution in [-0.2, 0) is 6.54 Å². The Hall–Kier alpha value is -1.43. The summed E-state index contributed by atoms with van der Waals surface area (Å²) in [5.74, 6) is 0. The lowest BCUT2D eigenvalue weighted by atomic mass is 10.1. The Labute approximate surface area is 155 Å². The average Bonchev–Trinajstić information content (AvgIpc) is 3.02. The zero-order chi connectivity index (χ0) is 17.5. The van der Waals surface area contributed by atoms with Crippen LogP contribution in [0.1, 0.15) is 22.4 Å². The summed E-state index contributed by atoms with van der Waals surface area (Å²) in [5.41, 5.74) is 3.56. The smallest absolute Gasteiger partial charge is 0.173 e. The van der Waals surface area contributed by atoms with Crippen molar-refractivity contribution in [1.29, 1.82) is 0 Å². The van der Waals surface area contributed by atoms with Crippen molar-refractivity contribution in [3.05, 3.63) is 51.7 Å². The molecule has 0 aliphatic carbocycles. The van der Waals surface area contributed by atoms with Crippen LogP contribution in [0.15, 0.2) is 35.7 Å². The summed E-state index contributed by atoms with van der Waals surface area (Å²) in [6, 6.07) is 10.7. The molecule has 130 valence electrons. The number of nitrogens with zero attached hydrogens (tertiary/aromatic N) is 2. The van der Waals surface area contributed by atoms with Gasteiger partial charge in [0.25, 0.3) is 0 Å². The molecule has 1 aromatic carbocycles. The largest absolute Gasteiger partial charge is 0.344 e. The molecular weight excluding hydrogens is 334 g/mol. The molecular formula is C19H27N3S2. The van der Waals surface area contributed by atoms with E-state index in [0.29, 0.717) is 0 Å². The van der Waals surface area contributed by atoms with E-state index < -0.39 is 0 Å². The maximum absolute atomic E-state index is 5.72. The Morgan fingerprint density at radius 1 is 1.17 bits per heavy atom. The van der Waals surface area contributed by atoms with Crippen LogP contribution >= 0.6 is 23.6 Å². The quantitative estimate of drug-likeness (QED) is 0.731. The second-order valence-electron chi connectivity index (χ2n) is 6.41. The van der Waals surface area contributed by atoms with Crippen molar-refractivity contribution in [1.82, 2.24) is 9.80 Å². The summed E-state index contributed by atoms with van der Waals surface area (Å²) in [6.07, 6.45) is 1.09. The summed E-state index contributed by atoms with van der Waals surface area (Å²) >= 11 is 7.50. The van der Waals surface area contributed by atoms with E-state index >= 15 is 0 Å². The zero-order valence-corrected chi connectivity index (χ0v) is 16.6. The lowest BCUT2D eigenvalue weighted by Crippen LogP contribution is -2.36. The fraction of sp³-hybridized carbons (Fsp3) is 0.421. The van der Waals surface area contributed by atoms with Crippen LogP contribution in [0.3, 0.4) is 0 Å². The number of thiocarbonyl (C=S) groups is 1. The predicted molar refractivity (Wildman–Crippen MR) is 110 cm³/mol. The van der Waals surface area contributed by atoms with Crippen LogP contribution in [0.5, 0.6) is 0 Å². The highest BCUT2D eigenvalue weighted by molar-refractivity contribution is 7.80. The molecule has 3 nitrogen and oxygen atoms in total. The average molecular weight is 362 g/mol. The summed E-state index contributed by atoms with van der Waals surface area (Å²) in [5, 5.41) is 6.37. The van der Waals surface area contributed by atoms with Gasteiger partial charge in [0.2, 0.25) is 0 Å². The highest BCUT2D eigenvalue weighted by atomic mass is 32.1. The standard InChI is InChI=1S/C19H27N3S2/c1-15-8-9-16(2)18(13-15)20-19(23)22(11-6-10-21(3)4)14-17-7-5-12-24-17/h5,7-9,12-13H,6,10-11,14H2,1-4H3,(H,20,23). The van der Waals surface area contributed by atoms with Gasteiger partial charge in [0.05, 0.1) is 6.54 Å². The van der Waals surface area contributed by atoms with E-state index in [2.05, 4.69) is 78.8 Å². The molecule has 24 heavy (non-hydrogen) atoms. The van der Waals surface area contributed by atoms with Gasteiger partial charge < -0.3 is 15.1 Å². The number of rotatable bonds is 7. The maximum Gasteiger partial charge on any atom is 0.173 e. The van der Waals surface area contributed by atoms with Crippen LogP contribution in [0, 0.1) is 13.8 Å². The zero-order valence-electron chi connectivity index (χ0n) is 15.0. The molecule has 0 saturated carbocycles. The molecule has 0 amide bonds. The van der Waals surface area contributed by atoms with Gasteiger partial charge in [0.1, 0.15) is 0 Å². The van der Waals surface area contributed by atoms with Crippen LogP contribution < -0.4 is 5.32 Å². The number of anilines is 1. The van der Waals surface area contributed by atoms with Gasteiger partial charge in [-0.1, -0.05) is 18.2 Å². The topological polar surface area (TPSA) is 18.5 Å². The van der Waals surface area contributed by atoms with Gasteiger partial charge in [0.15, 0.2) is 5.11 Å². The first kappa shape index (κ1) is 18.9. The number of hydrogen-bond acceptors (Lipinski definition) is 3. The highest BCUT2D eigenvalue weighted by Gasteiger charge is 2.12. The molecule has 1 N–H and O–H groups in total. The Kier molecular flexibility index (Phi) is 7.21. The minimum absolute atomic E-state index is 0.802. The summed E-state index contributed by atoms with van der Waals surface area (Å²) in [7, 11) is 4.21. The summed E-state index contributed by atoms with van der Waals surface area (Å²) in [6.45, 7) is 7.09. The Morgan fingerprint density at radius 2 is 1.96 bits per heavy atom. The van der Waals surface area contributed by atoms with E-state index in [4.69, 9.17) is 12.2 Å².